The van der Waals surface area contributed by atoms with Crippen molar-refractivity contribution < 1.29 is 0 Å². The van der Waals surface area contributed by atoms with Gasteiger partial charge in [0.25, 0.3) is 0 Å². The van der Waals surface area contributed by atoms with E-state index < -0.39 is 0 Å². The average molecular weight is 325 g/mol. The first-order chi connectivity index (χ1) is 11.3. The second-order valence-corrected chi connectivity index (χ2v) is 5.52. The molecule has 2 N–H and O–H groups in total. The van der Waals surface area contributed by atoms with E-state index >= 15 is 0 Å². The van der Waals surface area contributed by atoms with Crippen molar-refractivity contribution in [3.63, 3.8) is 0 Å². The minimum absolute atomic E-state index is 0.685. The molecule has 0 spiro atoms. The highest BCUT2D eigenvalue weighted by Crippen LogP contribution is 2.19. The fourth-order valence-electron chi connectivity index (χ4n) is 2.22. The summed E-state index contributed by atoms with van der Waals surface area (Å²) in [5.41, 5.74) is 2.19. The van der Waals surface area contributed by atoms with E-state index in [1.54, 1.807) is 0 Å². The number of nitrogens with one attached hydrogen (secondary N) is 2. The van der Waals surface area contributed by atoms with E-state index in [1.165, 1.54) is 11.9 Å². The predicted octanol–water partition coefficient (Wildman–Crippen LogP) is 4.53. The van der Waals surface area contributed by atoms with Gasteiger partial charge in [0.2, 0.25) is 0 Å². The highest BCUT2D eigenvalue weighted by atomic mass is 35.5. The van der Waals surface area contributed by atoms with Crippen LogP contribution in [0.5, 0.6) is 0 Å². The highest BCUT2D eigenvalue weighted by molar-refractivity contribution is 6.30. The first kappa shape index (κ1) is 15.3. The Morgan fingerprint density at radius 3 is 2.52 bits per heavy atom. The lowest BCUT2D eigenvalue weighted by Crippen LogP contribution is -2.07. The van der Waals surface area contributed by atoms with Crippen LogP contribution in [0.4, 0.5) is 17.3 Å². The number of hydrogen-bond acceptors (Lipinski definition) is 4. The normalized spacial score (nSPS) is 10.3. The predicted molar refractivity (Wildman–Crippen MR) is 95.4 cm³/mol. The molecule has 2 aromatic carbocycles. The third-order valence-corrected chi connectivity index (χ3v) is 3.56. The zero-order chi connectivity index (χ0) is 15.9. The quantitative estimate of drug-likeness (QED) is 0.699. The van der Waals surface area contributed by atoms with Gasteiger partial charge in [-0.05, 0) is 30.2 Å². The third-order valence-electron chi connectivity index (χ3n) is 3.33. The second-order valence-electron chi connectivity index (χ2n) is 5.09. The van der Waals surface area contributed by atoms with E-state index in [-0.39, 0.29) is 0 Å². The number of anilines is 3. The van der Waals surface area contributed by atoms with Gasteiger partial charge >= 0.3 is 0 Å². The number of benzene rings is 2. The molecular weight excluding hydrogens is 308 g/mol. The van der Waals surface area contributed by atoms with Crippen molar-refractivity contribution in [3.8, 4) is 0 Å². The van der Waals surface area contributed by atoms with Crippen LogP contribution in [0.25, 0.3) is 0 Å². The van der Waals surface area contributed by atoms with Gasteiger partial charge < -0.3 is 10.6 Å². The summed E-state index contributed by atoms with van der Waals surface area (Å²) in [5.74, 6) is 1.52. The summed E-state index contributed by atoms with van der Waals surface area (Å²) in [6.07, 6.45) is 2.49. The fourth-order valence-corrected chi connectivity index (χ4v) is 2.41. The van der Waals surface area contributed by atoms with E-state index in [2.05, 4.69) is 32.7 Å². The van der Waals surface area contributed by atoms with Gasteiger partial charge in [0.1, 0.15) is 18.0 Å². The van der Waals surface area contributed by atoms with E-state index in [1.807, 2.05) is 48.5 Å². The number of hydrogen-bond donors (Lipinski definition) is 2. The largest absolute Gasteiger partial charge is 0.370 e. The molecule has 0 saturated heterocycles. The Kier molecular flexibility index (Phi) is 5.06. The lowest BCUT2D eigenvalue weighted by molar-refractivity contribution is 1.000. The molecule has 0 bridgehead atoms. The van der Waals surface area contributed by atoms with E-state index in [4.69, 9.17) is 11.6 Å². The number of nitrogens with zero attached hydrogens (tertiary/aromatic N) is 2. The van der Waals surface area contributed by atoms with Crippen molar-refractivity contribution in [1.82, 2.24) is 9.97 Å². The van der Waals surface area contributed by atoms with Crippen LogP contribution < -0.4 is 10.6 Å². The van der Waals surface area contributed by atoms with Crippen LogP contribution in [0.2, 0.25) is 5.02 Å². The molecule has 0 aliphatic carbocycles. The minimum Gasteiger partial charge on any atom is -0.370 e. The van der Waals surface area contributed by atoms with E-state index in [0.717, 1.165) is 30.3 Å². The van der Waals surface area contributed by atoms with Crippen molar-refractivity contribution in [1.29, 1.82) is 0 Å². The number of halogens is 1. The lowest BCUT2D eigenvalue weighted by Gasteiger charge is -2.09. The Morgan fingerprint density at radius 1 is 0.870 bits per heavy atom. The Balaban J connectivity index is 1.59. The minimum atomic E-state index is 0.685. The summed E-state index contributed by atoms with van der Waals surface area (Å²) >= 11 is 5.98. The van der Waals surface area contributed by atoms with Gasteiger partial charge in [-0.15, -0.1) is 0 Å². The topological polar surface area (TPSA) is 49.8 Å². The van der Waals surface area contributed by atoms with Crippen LogP contribution in [-0.4, -0.2) is 16.5 Å². The van der Waals surface area contributed by atoms with Crippen LogP contribution in [0.15, 0.2) is 67.0 Å². The molecule has 0 saturated carbocycles. The zero-order valence-electron chi connectivity index (χ0n) is 12.5. The van der Waals surface area contributed by atoms with Crippen molar-refractivity contribution in [3.05, 3.63) is 77.6 Å². The molecule has 5 heteroatoms. The van der Waals surface area contributed by atoms with Crippen LogP contribution >= 0.6 is 11.6 Å². The first-order valence-electron chi connectivity index (χ1n) is 7.42. The van der Waals surface area contributed by atoms with Crippen LogP contribution in [-0.2, 0) is 6.42 Å². The molecule has 4 nitrogen and oxygen atoms in total. The second kappa shape index (κ2) is 7.61. The summed E-state index contributed by atoms with van der Waals surface area (Å²) in [7, 11) is 0. The molecule has 0 aliphatic rings. The van der Waals surface area contributed by atoms with Gasteiger partial charge in [0.15, 0.2) is 0 Å². The summed E-state index contributed by atoms with van der Waals surface area (Å²) in [4.78, 5) is 8.47. The molecule has 3 aromatic rings. The maximum absolute atomic E-state index is 5.98. The molecule has 1 aromatic heterocycles. The standard InChI is InChI=1S/C18H17ClN4/c19-15-7-4-8-16(11-15)23-18-12-17(21-13-22-18)20-10-9-14-5-2-1-3-6-14/h1-8,11-13H,9-10H2,(H2,20,21,22,23). The molecule has 0 unspecified atom stereocenters. The Labute approximate surface area is 140 Å². The van der Waals surface area contributed by atoms with Crippen molar-refractivity contribution in [2.24, 2.45) is 0 Å². The van der Waals surface area contributed by atoms with Gasteiger partial charge in [-0.1, -0.05) is 48.0 Å². The smallest absolute Gasteiger partial charge is 0.135 e. The van der Waals surface area contributed by atoms with Gasteiger partial charge in [0.05, 0.1) is 0 Å². The number of aromatic nitrogens is 2. The summed E-state index contributed by atoms with van der Waals surface area (Å²) in [5, 5.41) is 7.22. The summed E-state index contributed by atoms with van der Waals surface area (Å²) in [6.45, 7) is 0.817. The van der Waals surface area contributed by atoms with Crippen LogP contribution in [0, 0.1) is 0 Å². The zero-order valence-corrected chi connectivity index (χ0v) is 13.3. The lowest BCUT2D eigenvalue weighted by atomic mass is 10.1. The monoisotopic (exact) mass is 324 g/mol. The number of rotatable bonds is 6. The summed E-state index contributed by atoms with van der Waals surface area (Å²) in [6, 6.07) is 19.8. The van der Waals surface area contributed by atoms with Crippen LogP contribution in [0.1, 0.15) is 5.56 Å². The third kappa shape index (κ3) is 4.69. The van der Waals surface area contributed by atoms with Gasteiger partial charge in [-0.3, -0.25) is 0 Å². The van der Waals surface area contributed by atoms with Crippen molar-refractivity contribution in [2.45, 2.75) is 6.42 Å². The molecular formula is C18H17ClN4. The highest BCUT2D eigenvalue weighted by Gasteiger charge is 2.00. The molecule has 0 aliphatic heterocycles. The molecule has 23 heavy (non-hydrogen) atoms. The molecule has 3 rings (SSSR count). The molecule has 0 fully saturated rings. The summed E-state index contributed by atoms with van der Waals surface area (Å²) < 4.78 is 0. The van der Waals surface area contributed by atoms with Gasteiger partial charge in [0, 0.05) is 23.3 Å². The van der Waals surface area contributed by atoms with Gasteiger partial charge in [-0.2, -0.15) is 0 Å². The van der Waals surface area contributed by atoms with Crippen molar-refractivity contribution >= 4 is 28.9 Å². The molecule has 0 amide bonds. The van der Waals surface area contributed by atoms with Crippen molar-refractivity contribution in [2.75, 3.05) is 17.2 Å². The van der Waals surface area contributed by atoms with E-state index in [0.29, 0.717) is 5.02 Å². The fraction of sp³-hybridized carbons (Fsp3) is 0.111. The van der Waals surface area contributed by atoms with Gasteiger partial charge in [-0.25, -0.2) is 9.97 Å². The molecule has 0 atom stereocenters. The maximum atomic E-state index is 5.98. The SMILES string of the molecule is Clc1cccc(Nc2cc(NCCc3ccccc3)ncn2)c1. The first-order valence-corrected chi connectivity index (χ1v) is 7.80. The Bertz CT molecular complexity index is 762. The van der Waals surface area contributed by atoms with Crippen LogP contribution in [0.3, 0.4) is 0 Å². The average Bonchev–Trinajstić information content (AvgIpc) is 2.56. The molecule has 0 radical (unpaired) electrons. The Morgan fingerprint density at radius 2 is 1.70 bits per heavy atom. The maximum Gasteiger partial charge on any atom is 0.135 e. The molecule has 1 heterocycles. The molecule has 116 valence electrons. The Hall–Kier alpha value is -2.59. The van der Waals surface area contributed by atoms with E-state index in [9.17, 15) is 0 Å².